The molecule has 0 spiro atoms. The Balaban J connectivity index is 3.81. The summed E-state index contributed by atoms with van der Waals surface area (Å²) >= 11 is 0. The largest absolute Gasteiger partial charge is 0.463 e. The third-order valence-electron chi connectivity index (χ3n) is 1.06. The van der Waals surface area contributed by atoms with Crippen molar-refractivity contribution < 1.29 is 23.9 Å². The van der Waals surface area contributed by atoms with Crippen molar-refractivity contribution in [1.29, 1.82) is 0 Å². The van der Waals surface area contributed by atoms with Crippen molar-refractivity contribution in [3.63, 3.8) is 0 Å². The summed E-state index contributed by atoms with van der Waals surface area (Å²) in [6.45, 7) is 2.90. The highest BCUT2D eigenvalue weighted by atomic mass is 16.5. The molecule has 0 atom stereocenters. The summed E-state index contributed by atoms with van der Waals surface area (Å²) in [5, 5.41) is 0. The van der Waals surface area contributed by atoms with Crippen LogP contribution in [0.2, 0.25) is 0 Å². The van der Waals surface area contributed by atoms with Gasteiger partial charge >= 0.3 is 11.9 Å². The van der Waals surface area contributed by atoms with Crippen molar-refractivity contribution in [3.05, 3.63) is 12.2 Å². The number of esters is 2. The lowest BCUT2D eigenvalue weighted by molar-refractivity contribution is -0.143. The fourth-order valence-corrected chi connectivity index (χ4v) is 0.547. The van der Waals surface area contributed by atoms with Gasteiger partial charge in [-0.25, -0.2) is 9.59 Å². The lowest BCUT2D eigenvalue weighted by atomic mass is 10.5. The predicted molar refractivity (Wildman–Crippen MR) is 47.4 cm³/mol. The Labute approximate surface area is 81.7 Å². The van der Waals surface area contributed by atoms with Crippen LogP contribution in [0.5, 0.6) is 0 Å². The summed E-state index contributed by atoms with van der Waals surface area (Å²) in [6, 6.07) is 0. The molecule has 78 valence electrons. The number of rotatable bonds is 5. The van der Waals surface area contributed by atoms with Crippen molar-refractivity contribution in [3.8, 4) is 0 Å². The van der Waals surface area contributed by atoms with Crippen LogP contribution in [0.1, 0.15) is 13.8 Å². The first-order valence-corrected chi connectivity index (χ1v) is 4.07. The normalized spacial score (nSPS) is 9.86. The number of Topliss-reactive ketones (excluding diaryl/α,β-unsaturated/α-hetero) is 1. The Bertz CT molecular complexity index is 254. The van der Waals surface area contributed by atoms with Gasteiger partial charge in [0.05, 0.1) is 6.61 Å². The smallest absolute Gasteiger partial charge is 0.331 e. The van der Waals surface area contributed by atoms with Gasteiger partial charge in [-0.1, -0.05) is 0 Å². The van der Waals surface area contributed by atoms with Crippen LogP contribution < -0.4 is 0 Å². The Kier molecular flexibility index (Phi) is 6.02. The van der Waals surface area contributed by atoms with Gasteiger partial charge in [0, 0.05) is 12.2 Å². The number of hydrogen-bond donors (Lipinski definition) is 0. The maximum Gasteiger partial charge on any atom is 0.331 e. The molecule has 0 aromatic rings. The number of ketones is 1. The summed E-state index contributed by atoms with van der Waals surface area (Å²) < 4.78 is 8.97. The zero-order chi connectivity index (χ0) is 11.0. The molecule has 0 aliphatic heterocycles. The average molecular weight is 200 g/mol. The number of ether oxygens (including phenoxy) is 2. The monoisotopic (exact) mass is 200 g/mol. The lowest BCUT2D eigenvalue weighted by Gasteiger charge is -1.97. The molecule has 5 heteroatoms. The first-order valence-electron chi connectivity index (χ1n) is 4.07. The zero-order valence-corrected chi connectivity index (χ0v) is 8.11. The minimum atomic E-state index is -0.742. The third kappa shape index (κ3) is 7.02. The molecule has 0 amide bonds. The lowest BCUT2D eigenvalue weighted by Crippen LogP contribution is -2.09. The Hall–Kier alpha value is -1.65. The molecule has 0 saturated heterocycles. The van der Waals surface area contributed by atoms with E-state index < -0.39 is 11.9 Å². The van der Waals surface area contributed by atoms with E-state index in [2.05, 4.69) is 9.47 Å². The molecule has 0 fully saturated rings. The maximum atomic E-state index is 10.8. The Morgan fingerprint density at radius 3 is 2.00 bits per heavy atom. The van der Waals surface area contributed by atoms with Crippen LogP contribution in [-0.4, -0.2) is 30.9 Å². The number of hydrogen-bond acceptors (Lipinski definition) is 5. The molecule has 0 aromatic carbocycles. The average Bonchev–Trinajstić information content (AvgIpc) is 2.12. The van der Waals surface area contributed by atoms with Crippen LogP contribution in [0.4, 0.5) is 0 Å². The van der Waals surface area contributed by atoms with E-state index in [1.807, 2.05) is 0 Å². The van der Waals surface area contributed by atoms with Gasteiger partial charge in [0.2, 0.25) is 0 Å². The van der Waals surface area contributed by atoms with Gasteiger partial charge in [0.1, 0.15) is 6.61 Å². The molecule has 0 N–H and O–H groups in total. The second-order valence-electron chi connectivity index (χ2n) is 2.40. The predicted octanol–water partition coefficient (Wildman–Crippen LogP) is 0.238. The van der Waals surface area contributed by atoms with Crippen molar-refractivity contribution in [2.75, 3.05) is 13.2 Å². The Morgan fingerprint density at radius 1 is 1.07 bits per heavy atom. The molecule has 0 aromatic heterocycles. The fourth-order valence-electron chi connectivity index (χ4n) is 0.547. The first-order chi connectivity index (χ1) is 6.56. The van der Waals surface area contributed by atoms with Gasteiger partial charge in [0.25, 0.3) is 0 Å². The van der Waals surface area contributed by atoms with Crippen molar-refractivity contribution in [2.45, 2.75) is 13.8 Å². The quantitative estimate of drug-likeness (QED) is 0.469. The van der Waals surface area contributed by atoms with Gasteiger partial charge in [-0.05, 0) is 13.8 Å². The standard InChI is InChI=1S/C9H12O5/c1-3-13-8(11)4-5-9(12)14-6-7(2)10/h4-5H,3,6H2,1-2H3/b5-4+. The minimum absolute atomic E-state index is 0.242. The van der Waals surface area contributed by atoms with E-state index >= 15 is 0 Å². The second kappa shape index (κ2) is 6.82. The topological polar surface area (TPSA) is 69.7 Å². The summed E-state index contributed by atoms with van der Waals surface area (Å²) in [5.74, 6) is -1.62. The molecule has 0 rings (SSSR count). The molecular weight excluding hydrogens is 188 g/mol. The van der Waals surface area contributed by atoms with E-state index in [1.165, 1.54) is 6.92 Å². The van der Waals surface area contributed by atoms with Crippen LogP contribution in [0.3, 0.4) is 0 Å². The summed E-state index contributed by atoms with van der Waals surface area (Å²) in [4.78, 5) is 31.9. The summed E-state index contributed by atoms with van der Waals surface area (Å²) in [5.41, 5.74) is 0. The van der Waals surface area contributed by atoms with E-state index in [4.69, 9.17) is 0 Å². The highest BCUT2D eigenvalue weighted by molar-refractivity contribution is 5.92. The fraction of sp³-hybridized carbons (Fsp3) is 0.444. The first kappa shape index (κ1) is 12.3. The van der Waals surface area contributed by atoms with Crippen molar-refractivity contribution in [1.82, 2.24) is 0 Å². The number of carbonyl (C=O) groups excluding carboxylic acids is 3. The van der Waals surface area contributed by atoms with Gasteiger partial charge in [-0.15, -0.1) is 0 Å². The molecule has 0 radical (unpaired) electrons. The molecule has 0 saturated carbocycles. The van der Waals surface area contributed by atoms with E-state index in [-0.39, 0.29) is 19.0 Å². The SMILES string of the molecule is CCOC(=O)/C=C/C(=O)OCC(C)=O. The molecule has 5 nitrogen and oxygen atoms in total. The van der Waals surface area contributed by atoms with Crippen molar-refractivity contribution >= 4 is 17.7 Å². The summed E-state index contributed by atoms with van der Waals surface area (Å²) in [6.07, 6.45) is 1.87. The second-order valence-corrected chi connectivity index (χ2v) is 2.40. The maximum absolute atomic E-state index is 10.8. The van der Waals surface area contributed by atoms with Gasteiger partial charge in [-0.2, -0.15) is 0 Å². The zero-order valence-electron chi connectivity index (χ0n) is 8.11. The van der Waals surface area contributed by atoms with Crippen LogP contribution in [0, 0.1) is 0 Å². The van der Waals surface area contributed by atoms with Gasteiger partial charge in [0.15, 0.2) is 5.78 Å². The molecule has 0 bridgehead atoms. The minimum Gasteiger partial charge on any atom is -0.463 e. The third-order valence-corrected chi connectivity index (χ3v) is 1.06. The van der Waals surface area contributed by atoms with Crippen LogP contribution in [0.15, 0.2) is 12.2 Å². The van der Waals surface area contributed by atoms with Crippen LogP contribution >= 0.6 is 0 Å². The van der Waals surface area contributed by atoms with Crippen molar-refractivity contribution in [2.24, 2.45) is 0 Å². The molecule has 0 aliphatic carbocycles. The molecule has 14 heavy (non-hydrogen) atoms. The number of carbonyl (C=O) groups is 3. The van der Waals surface area contributed by atoms with E-state index in [9.17, 15) is 14.4 Å². The molecule has 0 aliphatic rings. The van der Waals surface area contributed by atoms with Crippen LogP contribution in [0.25, 0.3) is 0 Å². The van der Waals surface area contributed by atoms with E-state index in [0.717, 1.165) is 12.2 Å². The Morgan fingerprint density at radius 2 is 1.57 bits per heavy atom. The highest BCUT2D eigenvalue weighted by Gasteiger charge is 2.01. The van der Waals surface area contributed by atoms with Gasteiger partial charge in [-0.3, -0.25) is 4.79 Å². The van der Waals surface area contributed by atoms with Crippen LogP contribution in [-0.2, 0) is 23.9 Å². The van der Waals surface area contributed by atoms with E-state index in [0.29, 0.717) is 0 Å². The summed E-state index contributed by atoms with van der Waals surface area (Å²) in [7, 11) is 0. The molecule has 0 heterocycles. The molecule has 0 unspecified atom stereocenters. The van der Waals surface area contributed by atoms with Gasteiger partial charge < -0.3 is 9.47 Å². The van der Waals surface area contributed by atoms with E-state index in [1.54, 1.807) is 6.92 Å². The highest BCUT2D eigenvalue weighted by Crippen LogP contribution is 1.85. The molecular formula is C9H12O5.